The molecule has 1 aromatic heterocycles. The Kier molecular flexibility index (Phi) is 7.26. The molecule has 9 heteroatoms. The standard InChI is InChI=1S/C39H42FN5O3/c1-2-23-5-3-6-24-15-29(46)18-33(34(23)24)31-11-12-32-36(35(31)40)42-38(43-37(32)44-19-25-9-10-26(20-44)41-25)48-22-39(13-14-39)21-45-27-7-4-8-28(45)17-30(47)16-27/h1,3,5-6,11-12,15,18,25-28,30,41,46-47H,4,7-10,13-14,16-17,19-22H2. The number of nitrogens with zero attached hydrogens (tertiary/aromatic N) is 4. The lowest BCUT2D eigenvalue weighted by molar-refractivity contribution is -0.0400. The number of phenols is 1. The van der Waals surface area contributed by atoms with Gasteiger partial charge >= 0.3 is 6.01 Å². The van der Waals surface area contributed by atoms with Crippen molar-refractivity contribution in [2.45, 2.75) is 88.1 Å². The molecule has 9 rings (SSSR count). The summed E-state index contributed by atoms with van der Waals surface area (Å²) in [4.78, 5) is 14.7. The lowest BCUT2D eigenvalue weighted by atomic mass is 9.82. The quantitative estimate of drug-likeness (QED) is 0.219. The smallest absolute Gasteiger partial charge is 0.319 e. The van der Waals surface area contributed by atoms with Gasteiger partial charge in [-0.2, -0.15) is 9.97 Å². The largest absolute Gasteiger partial charge is 0.508 e. The molecule has 8 nitrogen and oxygen atoms in total. The van der Waals surface area contributed by atoms with Crippen LogP contribution in [0.3, 0.4) is 0 Å². The van der Waals surface area contributed by atoms with E-state index in [4.69, 9.17) is 21.1 Å². The van der Waals surface area contributed by atoms with Crippen molar-refractivity contribution in [1.29, 1.82) is 0 Å². The number of hydrogen-bond donors (Lipinski definition) is 3. The number of piperidine rings is 2. The first-order valence-corrected chi connectivity index (χ1v) is 17.7. The third-order valence-corrected chi connectivity index (χ3v) is 11.8. The fourth-order valence-corrected chi connectivity index (χ4v) is 9.19. The average Bonchev–Trinajstić information content (AvgIpc) is 3.77. The van der Waals surface area contributed by atoms with E-state index >= 15 is 4.39 Å². The van der Waals surface area contributed by atoms with Gasteiger partial charge in [-0.3, -0.25) is 4.90 Å². The second kappa shape index (κ2) is 11.6. The number of benzene rings is 3. The molecule has 4 aromatic rings. The normalized spacial score (nSPS) is 27.7. The van der Waals surface area contributed by atoms with Crippen molar-refractivity contribution < 1.29 is 19.3 Å². The van der Waals surface area contributed by atoms with Gasteiger partial charge in [-0.25, -0.2) is 4.39 Å². The predicted octanol–water partition coefficient (Wildman–Crippen LogP) is 5.75. The summed E-state index contributed by atoms with van der Waals surface area (Å²) >= 11 is 0. The number of aliphatic hydroxyl groups is 1. The number of aromatic nitrogens is 2. The highest BCUT2D eigenvalue weighted by molar-refractivity contribution is 6.04. The van der Waals surface area contributed by atoms with Gasteiger partial charge in [-0.15, -0.1) is 6.42 Å². The zero-order chi connectivity index (χ0) is 32.6. The third-order valence-electron chi connectivity index (χ3n) is 11.8. The Hall–Kier alpha value is -3.97. The zero-order valence-electron chi connectivity index (χ0n) is 27.2. The molecule has 1 aliphatic carbocycles. The molecule has 5 fully saturated rings. The molecular weight excluding hydrogens is 605 g/mol. The number of nitrogens with one attached hydrogen (secondary N) is 1. The van der Waals surface area contributed by atoms with E-state index in [1.807, 2.05) is 24.3 Å². The Bertz CT molecular complexity index is 1930. The van der Waals surface area contributed by atoms with Gasteiger partial charge in [0, 0.05) is 71.1 Å². The molecule has 248 valence electrons. The highest BCUT2D eigenvalue weighted by Crippen LogP contribution is 2.49. The fraction of sp³-hybridized carbons (Fsp3) is 0.487. The van der Waals surface area contributed by atoms with Crippen molar-refractivity contribution in [1.82, 2.24) is 20.2 Å². The topological polar surface area (TPSA) is 94.0 Å². The second-order valence-corrected chi connectivity index (χ2v) is 15.1. The molecule has 0 spiro atoms. The van der Waals surface area contributed by atoms with Gasteiger partial charge in [0.1, 0.15) is 17.1 Å². The van der Waals surface area contributed by atoms with Crippen molar-refractivity contribution in [3.63, 3.8) is 0 Å². The van der Waals surface area contributed by atoms with Crippen LogP contribution in [0.1, 0.15) is 63.4 Å². The number of rotatable bonds is 7. The summed E-state index contributed by atoms with van der Waals surface area (Å²) in [6, 6.07) is 14.3. The molecule has 0 amide bonds. The summed E-state index contributed by atoms with van der Waals surface area (Å²) in [6.45, 7) is 3.02. The van der Waals surface area contributed by atoms with Crippen molar-refractivity contribution in [2.24, 2.45) is 5.41 Å². The molecule has 3 aromatic carbocycles. The summed E-state index contributed by atoms with van der Waals surface area (Å²) < 4.78 is 23.4. The van der Waals surface area contributed by atoms with E-state index in [9.17, 15) is 10.2 Å². The molecule has 3 N–H and O–H groups in total. The van der Waals surface area contributed by atoms with Crippen LogP contribution in [0.15, 0.2) is 42.5 Å². The maximum Gasteiger partial charge on any atom is 0.319 e. The number of halogens is 1. The highest BCUT2D eigenvalue weighted by Gasteiger charge is 2.49. The molecule has 4 bridgehead atoms. The van der Waals surface area contributed by atoms with Gasteiger partial charge < -0.3 is 25.2 Å². The second-order valence-electron chi connectivity index (χ2n) is 15.1. The first-order chi connectivity index (χ1) is 23.4. The minimum Gasteiger partial charge on any atom is -0.508 e. The Balaban J connectivity index is 1.09. The van der Waals surface area contributed by atoms with Gasteiger partial charge in [0.05, 0.1) is 12.7 Å². The number of fused-ring (bicyclic) bond motifs is 6. The summed E-state index contributed by atoms with van der Waals surface area (Å²) in [5.74, 6) is 2.99. The van der Waals surface area contributed by atoms with E-state index in [-0.39, 0.29) is 28.8 Å². The van der Waals surface area contributed by atoms with Crippen LogP contribution in [-0.2, 0) is 0 Å². The van der Waals surface area contributed by atoms with Crippen LogP contribution in [0.25, 0.3) is 32.8 Å². The maximum atomic E-state index is 17.0. The fourth-order valence-electron chi connectivity index (χ4n) is 9.19. The van der Waals surface area contributed by atoms with Crippen LogP contribution in [0, 0.1) is 23.6 Å². The summed E-state index contributed by atoms with van der Waals surface area (Å²) in [6.07, 6.45) is 15.3. The molecular formula is C39H42FN5O3. The summed E-state index contributed by atoms with van der Waals surface area (Å²) in [7, 11) is 0. The van der Waals surface area contributed by atoms with Crippen LogP contribution in [0.2, 0.25) is 0 Å². The molecule has 5 heterocycles. The first kappa shape index (κ1) is 30.1. The van der Waals surface area contributed by atoms with Crippen molar-refractivity contribution >= 4 is 27.5 Å². The summed E-state index contributed by atoms with van der Waals surface area (Å²) in [5.41, 5.74) is 1.70. The SMILES string of the molecule is C#Cc1cccc2cc(O)cc(-c3ccc4c(N5CC6CCC(C5)N6)nc(OCC5(CN6C7CCCC6CC(O)C7)CC5)nc4c3F)c12. The minimum absolute atomic E-state index is 0.0231. The number of hydrogen-bond acceptors (Lipinski definition) is 8. The summed E-state index contributed by atoms with van der Waals surface area (Å²) in [5, 5.41) is 26.9. The number of piperazine rings is 1. The number of phenolic OH excluding ortho intramolecular Hbond substituents is 1. The lowest BCUT2D eigenvalue weighted by Crippen LogP contribution is -2.55. The van der Waals surface area contributed by atoms with Crippen LogP contribution in [0.4, 0.5) is 10.2 Å². The van der Waals surface area contributed by atoms with Gasteiger partial charge in [0.2, 0.25) is 0 Å². The number of anilines is 1. The van der Waals surface area contributed by atoms with E-state index < -0.39 is 5.82 Å². The maximum absolute atomic E-state index is 17.0. The molecule has 0 radical (unpaired) electrons. The average molecular weight is 648 g/mol. The molecule has 4 unspecified atom stereocenters. The first-order valence-electron chi connectivity index (χ1n) is 17.7. The van der Waals surface area contributed by atoms with Crippen LogP contribution >= 0.6 is 0 Å². The monoisotopic (exact) mass is 647 g/mol. The van der Waals surface area contributed by atoms with E-state index in [1.54, 1.807) is 18.2 Å². The number of aromatic hydroxyl groups is 1. The zero-order valence-corrected chi connectivity index (χ0v) is 27.2. The van der Waals surface area contributed by atoms with Gasteiger partial charge in [0.25, 0.3) is 0 Å². The van der Waals surface area contributed by atoms with E-state index in [2.05, 4.69) is 21.0 Å². The Labute approximate surface area is 280 Å². The van der Waals surface area contributed by atoms with E-state index in [0.29, 0.717) is 64.1 Å². The van der Waals surface area contributed by atoms with Gasteiger partial charge in [0.15, 0.2) is 5.82 Å². The van der Waals surface area contributed by atoms with Crippen molar-refractivity contribution in [3.8, 4) is 35.2 Å². The van der Waals surface area contributed by atoms with Crippen LogP contribution in [-0.4, -0.2) is 81.6 Å². The Morgan fingerprint density at radius 2 is 1.77 bits per heavy atom. The molecule has 4 aliphatic heterocycles. The van der Waals surface area contributed by atoms with Gasteiger partial charge in [-0.1, -0.05) is 30.5 Å². The van der Waals surface area contributed by atoms with Crippen LogP contribution in [0.5, 0.6) is 11.8 Å². The molecule has 4 saturated heterocycles. The molecule has 5 aliphatic rings. The van der Waals surface area contributed by atoms with E-state index in [0.717, 1.165) is 76.4 Å². The molecule has 48 heavy (non-hydrogen) atoms. The van der Waals surface area contributed by atoms with E-state index in [1.165, 1.54) is 6.42 Å². The van der Waals surface area contributed by atoms with Crippen molar-refractivity contribution in [3.05, 3.63) is 53.8 Å². The van der Waals surface area contributed by atoms with Gasteiger partial charge in [-0.05, 0) is 86.6 Å². The van der Waals surface area contributed by atoms with Crippen LogP contribution < -0.4 is 15.0 Å². The lowest BCUT2D eigenvalue weighted by Gasteiger charge is -2.49. The third kappa shape index (κ3) is 5.26. The predicted molar refractivity (Wildman–Crippen MR) is 185 cm³/mol. The highest BCUT2D eigenvalue weighted by atomic mass is 19.1. The van der Waals surface area contributed by atoms with Crippen molar-refractivity contribution in [2.75, 3.05) is 31.1 Å². The minimum atomic E-state index is -0.487. The number of aliphatic hydroxyl groups excluding tert-OH is 1. The molecule has 1 saturated carbocycles. The Morgan fingerprint density at radius 3 is 2.50 bits per heavy atom. The molecule has 4 atom stereocenters. The number of terminal acetylenes is 1. The Morgan fingerprint density at radius 1 is 1.00 bits per heavy atom. The number of ether oxygens (including phenoxy) is 1.